The Morgan fingerprint density at radius 1 is 0.859 bits per heavy atom. The van der Waals surface area contributed by atoms with Crippen molar-refractivity contribution >= 4 is 63.9 Å². The number of ketones is 2. The van der Waals surface area contributed by atoms with Crippen LogP contribution >= 0.6 is 0 Å². The number of esters is 1. The number of aromatic nitrogens is 2. The van der Waals surface area contributed by atoms with E-state index < -0.39 is 108 Å². The smallest absolute Gasteiger partial charge is 0.336 e. The molecule has 71 heavy (non-hydrogen) atoms. The molecule has 2 saturated heterocycles. The molecule has 4 heterocycles. The van der Waals surface area contributed by atoms with Gasteiger partial charge in [0.2, 0.25) is 29.5 Å². The molecule has 376 valence electrons. The van der Waals surface area contributed by atoms with Crippen molar-refractivity contribution in [2.24, 2.45) is 11.7 Å². The molecular weight excluding hydrogens is 915 g/mol. The summed E-state index contributed by atoms with van der Waals surface area (Å²) in [6.07, 6.45) is 8.50. The Hall–Kier alpha value is -7.70. The zero-order chi connectivity index (χ0) is 51.2. The summed E-state index contributed by atoms with van der Waals surface area (Å²) < 4.78 is 5.78. The summed E-state index contributed by atoms with van der Waals surface area (Å²) >= 11 is 0. The number of H-pyrrole nitrogens is 1. The summed E-state index contributed by atoms with van der Waals surface area (Å²) in [5.74, 6) is -6.92. The Bertz CT molecular complexity index is 2740. The van der Waals surface area contributed by atoms with Crippen molar-refractivity contribution < 1.29 is 53.0 Å². The zero-order valence-corrected chi connectivity index (χ0v) is 39.9. The lowest BCUT2D eigenvalue weighted by atomic mass is 9.90. The highest BCUT2D eigenvalue weighted by molar-refractivity contribution is 6.07. The number of carbonyl (C=O) groups excluding carboxylic acids is 8. The Labute approximate surface area is 410 Å². The number of Topliss-reactive ketones (excluding diaryl/α,β-unsaturated/α-hetero) is 2. The van der Waals surface area contributed by atoms with E-state index in [9.17, 15) is 53.1 Å². The van der Waals surface area contributed by atoms with Gasteiger partial charge in [-0.2, -0.15) is 0 Å². The van der Waals surface area contributed by atoms with Crippen LogP contribution in [0.5, 0.6) is 0 Å². The van der Waals surface area contributed by atoms with Gasteiger partial charge < -0.3 is 45.6 Å². The predicted molar refractivity (Wildman–Crippen MR) is 260 cm³/mol. The van der Waals surface area contributed by atoms with E-state index in [0.29, 0.717) is 45.1 Å². The minimum Gasteiger partial charge on any atom is -0.478 e. The van der Waals surface area contributed by atoms with E-state index in [-0.39, 0.29) is 48.9 Å². The molecule has 2 aromatic carbocycles. The number of nitrogens with one attached hydrogen (secondary N) is 3. The molecule has 4 aromatic rings. The molecule has 0 bridgehead atoms. The number of hydrogen-bond acceptors (Lipinski definition) is 11. The number of methoxy groups -OCH3 is 1. The van der Waals surface area contributed by atoms with Crippen LogP contribution in [0.4, 0.5) is 0 Å². The van der Waals surface area contributed by atoms with Gasteiger partial charge in [-0.05, 0) is 68.7 Å². The second-order valence-electron chi connectivity index (χ2n) is 18.0. The fraction of sp³-hybridized carbons (Fsp3) is 0.423. The minimum absolute atomic E-state index is 0.0523. The number of carboxylic acids is 1. The quantitative estimate of drug-likeness (QED) is 0.0384. The Kier molecular flexibility index (Phi) is 18.3. The van der Waals surface area contributed by atoms with E-state index in [1.54, 1.807) is 6.20 Å². The first-order valence-corrected chi connectivity index (χ1v) is 24.0. The van der Waals surface area contributed by atoms with Crippen LogP contribution in [0.15, 0.2) is 90.0 Å². The van der Waals surface area contributed by atoms with Crippen molar-refractivity contribution in [1.82, 2.24) is 30.0 Å². The average molecular weight is 976 g/mol. The second kappa shape index (κ2) is 24.7. The maximum Gasteiger partial charge on any atom is 0.336 e. The van der Waals surface area contributed by atoms with Crippen LogP contribution in [0.1, 0.15) is 103 Å². The van der Waals surface area contributed by atoms with Crippen molar-refractivity contribution in [1.29, 1.82) is 0 Å². The lowest BCUT2D eigenvalue weighted by Gasteiger charge is -2.30. The van der Waals surface area contributed by atoms with Gasteiger partial charge in [0.1, 0.15) is 24.7 Å². The number of amides is 5. The molecule has 6 N–H and O–H groups in total. The van der Waals surface area contributed by atoms with Crippen molar-refractivity contribution in [3.05, 3.63) is 118 Å². The van der Waals surface area contributed by atoms with Gasteiger partial charge in [-0.25, -0.2) is 9.59 Å². The van der Waals surface area contributed by atoms with Gasteiger partial charge >= 0.3 is 11.9 Å². The number of carbonyl (C=O) groups is 9. The van der Waals surface area contributed by atoms with Crippen molar-refractivity contribution in [3.8, 4) is 0 Å². The Morgan fingerprint density at radius 2 is 1.56 bits per heavy atom. The first-order chi connectivity index (χ1) is 34.1. The van der Waals surface area contributed by atoms with Gasteiger partial charge in [-0.15, -0.1) is 0 Å². The lowest BCUT2D eigenvalue weighted by molar-refractivity contribution is -0.143. The molecule has 2 aliphatic rings. The minimum atomic E-state index is -1.31. The highest BCUT2D eigenvalue weighted by atomic mass is 16.5. The third-order valence-electron chi connectivity index (χ3n) is 13.2. The summed E-state index contributed by atoms with van der Waals surface area (Å²) in [6.45, 7) is 1.94. The Morgan fingerprint density at radius 3 is 2.28 bits per heavy atom. The van der Waals surface area contributed by atoms with E-state index in [0.717, 1.165) is 21.0 Å². The fourth-order valence-electron chi connectivity index (χ4n) is 9.37. The molecule has 5 atom stereocenters. The highest BCUT2D eigenvalue weighted by Crippen LogP contribution is 2.25. The number of nitrogens with zero attached hydrogens (tertiary/aromatic N) is 3. The number of primary amides is 1. The Balaban J connectivity index is 1.15. The third-order valence-corrected chi connectivity index (χ3v) is 13.2. The van der Waals surface area contributed by atoms with Crippen molar-refractivity contribution in [3.63, 3.8) is 0 Å². The summed E-state index contributed by atoms with van der Waals surface area (Å²) in [5, 5.41) is 16.2. The molecule has 2 aliphatic heterocycles. The van der Waals surface area contributed by atoms with Gasteiger partial charge in [-0.1, -0.05) is 68.3 Å². The van der Waals surface area contributed by atoms with E-state index in [1.165, 1.54) is 71.7 Å². The molecule has 0 radical (unpaired) electrons. The standard InChI is InChI=1S/C52H61N7O12/c1-3-4-19-39(55-48(65)32(14-5-10-23-46(63)71-2)28-43(60)36-17-6-7-18-37(36)52(69)70)44(61)29-33-15-11-24-57(50(33)67)31-45(62)58-25-13-22-42(58)49(66)56-40(51(68)59-26-12-21-41(59)47(53)64)27-34-30-54-38-20-9-8-16-35(34)38/h6-11,15-18,20,23-24,30,32,39-42,54H,3-5,12-14,19,21-22,25-29,31H2,1-2H3,(H2,53,64)(H,55,65)(H,56,66)(H,69,70)/b23-10+/t32-,39+,40+,41+,42+/m1/s1. The number of pyridine rings is 1. The number of likely N-dealkylation sites (tertiary alicyclic amines) is 2. The maximum atomic E-state index is 14.1. The van der Waals surface area contributed by atoms with Crippen LogP contribution in [0.3, 0.4) is 0 Å². The monoisotopic (exact) mass is 975 g/mol. The normalized spacial score (nSPS) is 16.9. The SMILES string of the molecule is CCCC[C@H](NC(=O)[C@H](CC/C=C/C(=O)OC)CC(=O)c1ccccc1C(=O)O)C(=O)Cc1cccn(CC(=O)N2CCC[C@H]2C(=O)N[C@@H](Cc2c[nH]c3ccccc23)C(=O)N2CCC[C@H]2C(N)=O)c1=O. The highest BCUT2D eigenvalue weighted by Gasteiger charge is 2.40. The number of rotatable bonds is 24. The average Bonchev–Trinajstić information content (AvgIpc) is 4.16. The molecule has 0 spiro atoms. The largest absolute Gasteiger partial charge is 0.478 e. The van der Waals surface area contributed by atoms with E-state index >= 15 is 0 Å². The number of nitrogens with two attached hydrogens (primary N) is 1. The number of carboxylic acid groups (broad SMARTS) is 1. The zero-order valence-electron chi connectivity index (χ0n) is 39.9. The molecule has 6 rings (SSSR count). The topological polar surface area (TPSA) is 277 Å². The molecule has 19 heteroatoms. The van der Waals surface area contributed by atoms with Gasteiger partial charge in [0.25, 0.3) is 5.56 Å². The van der Waals surface area contributed by atoms with E-state index in [4.69, 9.17) is 5.73 Å². The van der Waals surface area contributed by atoms with Crippen LogP contribution in [-0.2, 0) is 57.7 Å². The first kappa shape index (κ1) is 52.7. The van der Waals surface area contributed by atoms with E-state index in [1.807, 2.05) is 31.2 Å². The number of para-hydroxylation sites is 1. The van der Waals surface area contributed by atoms with Gasteiger partial charge in [0, 0.05) is 78.8 Å². The van der Waals surface area contributed by atoms with Gasteiger partial charge in [-0.3, -0.25) is 38.4 Å². The number of aromatic carboxylic acids is 1. The summed E-state index contributed by atoms with van der Waals surface area (Å²) in [4.78, 5) is 140. The summed E-state index contributed by atoms with van der Waals surface area (Å²) in [5.41, 5.74) is 6.38. The molecule has 2 aromatic heterocycles. The number of unbranched alkanes of at least 4 members (excludes halogenated alkanes) is 1. The number of ether oxygens (including phenoxy) is 1. The number of benzene rings is 2. The molecule has 0 aliphatic carbocycles. The first-order valence-electron chi connectivity index (χ1n) is 24.0. The van der Waals surface area contributed by atoms with E-state index in [2.05, 4.69) is 20.4 Å². The molecular formula is C52H61N7O12. The van der Waals surface area contributed by atoms with Gasteiger partial charge in [0.05, 0.1) is 18.7 Å². The number of aromatic amines is 1. The second-order valence-corrected chi connectivity index (χ2v) is 18.0. The molecule has 0 unspecified atom stereocenters. The fourth-order valence-corrected chi connectivity index (χ4v) is 9.37. The molecule has 2 fully saturated rings. The van der Waals surface area contributed by atoms with Crippen LogP contribution in [0.25, 0.3) is 10.9 Å². The molecule has 19 nitrogen and oxygen atoms in total. The van der Waals surface area contributed by atoms with Crippen LogP contribution in [0.2, 0.25) is 0 Å². The van der Waals surface area contributed by atoms with Crippen LogP contribution < -0.4 is 21.9 Å². The maximum absolute atomic E-state index is 14.1. The van der Waals surface area contributed by atoms with Crippen molar-refractivity contribution in [2.45, 2.75) is 115 Å². The van der Waals surface area contributed by atoms with Crippen LogP contribution in [0, 0.1) is 5.92 Å². The molecule has 0 saturated carbocycles. The number of fused-ring (bicyclic) bond motifs is 1. The van der Waals surface area contributed by atoms with Crippen molar-refractivity contribution in [2.75, 3.05) is 20.2 Å². The third kappa shape index (κ3) is 13.3. The summed E-state index contributed by atoms with van der Waals surface area (Å²) in [6, 6.07) is 12.2. The number of hydrogen-bond donors (Lipinski definition) is 5. The summed E-state index contributed by atoms with van der Waals surface area (Å²) in [7, 11) is 1.21. The lowest BCUT2D eigenvalue weighted by Crippen LogP contribution is -2.56. The van der Waals surface area contributed by atoms with Gasteiger partial charge in [0.15, 0.2) is 11.6 Å². The van der Waals surface area contributed by atoms with Crippen LogP contribution in [-0.4, -0.2) is 122 Å². The molecule has 5 amide bonds. The predicted octanol–water partition coefficient (Wildman–Crippen LogP) is 3.41. The number of allylic oxidation sites excluding steroid dienone is 1.